The van der Waals surface area contributed by atoms with Gasteiger partial charge in [0.25, 0.3) is 5.91 Å². The Hall–Kier alpha value is -7.84. The Balaban J connectivity index is 1.53. The van der Waals surface area contributed by atoms with E-state index in [2.05, 4.69) is 33.2 Å². The van der Waals surface area contributed by atoms with E-state index in [9.17, 15) is 48.3 Å². The number of likely N-dealkylation sites (tertiary alicyclic amines) is 1. The lowest BCUT2D eigenvalue weighted by Crippen LogP contribution is -2.62. The van der Waals surface area contributed by atoms with Crippen LogP contribution < -0.4 is 37.1 Å². The zero-order valence-electron chi connectivity index (χ0n) is 56.8. The van der Waals surface area contributed by atoms with Crippen LogP contribution >= 0.6 is 0 Å². The number of nitrogens with one attached hydrogen (secondary N) is 5. The topological polar surface area (TPSA) is 355 Å². The van der Waals surface area contributed by atoms with E-state index in [1.165, 1.54) is 61.7 Å². The van der Waals surface area contributed by atoms with Crippen molar-refractivity contribution >= 4 is 71.0 Å². The second-order valence-corrected chi connectivity index (χ2v) is 26.7. The van der Waals surface area contributed by atoms with E-state index < -0.39 is 168 Å². The predicted molar refractivity (Wildman–Crippen MR) is 342 cm³/mol. The van der Waals surface area contributed by atoms with Crippen LogP contribution in [0.5, 0.6) is 5.75 Å². The number of nitrogens with zero attached hydrogens (tertiary/aromatic N) is 5. The second-order valence-electron chi connectivity index (χ2n) is 26.7. The number of amides is 10. The number of cyclic esters (lactones) is 2. The Morgan fingerprint density at radius 2 is 1.51 bits per heavy atom. The molecule has 0 aromatic heterocycles. The highest BCUT2D eigenvalue weighted by molar-refractivity contribution is 5.98. The molecule has 518 valence electrons. The predicted octanol–water partition coefficient (Wildman–Crippen LogP) is 1.59. The molecule has 5 rings (SSSR count). The van der Waals surface area contributed by atoms with Crippen molar-refractivity contribution in [3.63, 3.8) is 0 Å². The molecule has 8 N–H and O–H groups in total. The number of benzene rings is 1. The summed E-state index contributed by atoms with van der Waals surface area (Å²) in [4.78, 5) is 178. The van der Waals surface area contributed by atoms with Crippen LogP contribution in [0.2, 0.25) is 0 Å². The van der Waals surface area contributed by atoms with E-state index in [0.29, 0.717) is 49.1 Å². The maximum absolute atomic E-state index is 15.2. The number of nitrogens with two attached hydrogens (primary N) is 1. The summed E-state index contributed by atoms with van der Waals surface area (Å²) in [6.45, 7) is 21.0. The molecule has 0 aliphatic carbocycles. The first kappa shape index (κ1) is 75.9. The number of hydrogen-bond donors (Lipinski definition) is 7. The fraction of sp³-hybridized carbons (Fsp3) is 0.697. The van der Waals surface area contributed by atoms with Crippen LogP contribution in [0.1, 0.15) is 152 Å². The van der Waals surface area contributed by atoms with E-state index in [4.69, 9.17) is 19.9 Å². The molecule has 27 heteroatoms. The number of hydrogen-bond acceptors (Lipinski definition) is 17. The van der Waals surface area contributed by atoms with Gasteiger partial charge in [0, 0.05) is 52.8 Å². The van der Waals surface area contributed by atoms with Gasteiger partial charge in [-0.25, -0.2) is 4.79 Å². The van der Waals surface area contributed by atoms with Gasteiger partial charge in [-0.1, -0.05) is 80.5 Å². The van der Waals surface area contributed by atoms with Crippen molar-refractivity contribution in [1.29, 1.82) is 0 Å². The Morgan fingerprint density at radius 3 is 2.09 bits per heavy atom. The third kappa shape index (κ3) is 20.1. The van der Waals surface area contributed by atoms with Crippen LogP contribution in [0.25, 0.3) is 0 Å². The Kier molecular flexibility index (Phi) is 28.0. The summed E-state index contributed by atoms with van der Waals surface area (Å²) in [5, 5.41) is 26.0. The number of esters is 2. The molecule has 4 fully saturated rings. The van der Waals surface area contributed by atoms with Crippen molar-refractivity contribution < 1.29 is 76.9 Å². The molecule has 93 heavy (non-hydrogen) atoms. The molecule has 14 atom stereocenters. The van der Waals surface area contributed by atoms with Crippen molar-refractivity contribution in [2.75, 3.05) is 41.3 Å². The SMILES string of the molecule is C=C1CCC(C(=O)N[C@H](CCC(N)=O)C(=O)N(C)[C@@H](C)C(=O)N2CCC[C@H]2C(=O)N(C)[C@H](CC(C)C)C(=O)N[C@H]2C(=O)N[C@@H]([C@@H](C)CC)[C@@H](O)CC(=O)O[C@@H](C(C)C)C(=O)N[C@@H](CC(C)C)C(=O)N3CCC[C@H]3C(=O)N(C)[C@@H](Cc3ccc(OC)cc3)C(=O)O[C@H]2C)N1. The van der Waals surface area contributed by atoms with Gasteiger partial charge in [-0.2, -0.15) is 0 Å². The Labute approximate surface area is 547 Å². The summed E-state index contributed by atoms with van der Waals surface area (Å²) in [5.74, 6) is -10.1. The lowest BCUT2D eigenvalue weighted by molar-refractivity contribution is -0.162. The number of carbonyl (C=O) groups is 12. The van der Waals surface area contributed by atoms with E-state index in [-0.39, 0.29) is 69.9 Å². The highest BCUT2D eigenvalue weighted by Crippen LogP contribution is 2.28. The van der Waals surface area contributed by atoms with Gasteiger partial charge in [-0.15, -0.1) is 0 Å². The van der Waals surface area contributed by atoms with Gasteiger partial charge in [0.05, 0.1) is 25.7 Å². The van der Waals surface area contributed by atoms with Gasteiger partial charge < -0.3 is 76.1 Å². The van der Waals surface area contributed by atoms with Gasteiger partial charge in [-0.05, 0) is 113 Å². The van der Waals surface area contributed by atoms with Crippen LogP contribution in [0.3, 0.4) is 0 Å². The molecule has 0 saturated carbocycles. The summed E-state index contributed by atoms with van der Waals surface area (Å²) >= 11 is 0. The maximum atomic E-state index is 15.2. The first-order valence-corrected chi connectivity index (χ1v) is 32.8. The van der Waals surface area contributed by atoms with Crippen molar-refractivity contribution in [2.24, 2.45) is 29.4 Å². The number of allylic oxidation sites excluding steroid dienone is 1. The maximum Gasteiger partial charge on any atom is 0.329 e. The van der Waals surface area contributed by atoms with Gasteiger partial charge in [-0.3, -0.25) is 52.7 Å². The normalized spacial score (nSPS) is 26.0. The van der Waals surface area contributed by atoms with Crippen molar-refractivity contribution in [1.82, 2.24) is 51.1 Å². The Bertz CT molecular complexity index is 2870. The summed E-state index contributed by atoms with van der Waals surface area (Å²) < 4.78 is 17.4. The molecule has 4 heterocycles. The van der Waals surface area contributed by atoms with Crippen LogP contribution in [0, 0.1) is 23.7 Å². The van der Waals surface area contributed by atoms with E-state index in [1.54, 1.807) is 52.0 Å². The van der Waals surface area contributed by atoms with E-state index in [1.807, 2.05) is 27.7 Å². The summed E-state index contributed by atoms with van der Waals surface area (Å²) in [6, 6.07) is -5.55. The number of primary amides is 1. The highest BCUT2D eigenvalue weighted by atomic mass is 16.6. The summed E-state index contributed by atoms with van der Waals surface area (Å²) in [7, 11) is 5.65. The zero-order chi connectivity index (χ0) is 69.5. The summed E-state index contributed by atoms with van der Waals surface area (Å²) in [5.41, 5.74) is 6.66. The van der Waals surface area contributed by atoms with Crippen LogP contribution in [0.15, 0.2) is 36.5 Å². The molecule has 27 nitrogen and oxygen atoms in total. The van der Waals surface area contributed by atoms with Crippen molar-refractivity contribution in [2.45, 2.75) is 231 Å². The number of carbonyl (C=O) groups excluding carboxylic acids is 12. The quantitative estimate of drug-likeness (QED) is 0.0811. The largest absolute Gasteiger partial charge is 0.497 e. The molecule has 4 saturated heterocycles. The minimum absolute atomic E-state index is 0.00918. The van der Waals surface area contributed by atoms with Gasteiger partial charge in [0.2, 0.25) is 53.2 Å². The molecular formula is C66H103N11O16. The highest BCUT2D eigenvalue weighted by Gasteiger charge is 2.47. The minimum atomic E-state index is -1.80. The number of aliphatic hydroxyl groups excluding tert-OH is 1. The second kappa shape index (κ2) is 34.4. The molecule has 4 aliphatic rings. The number of rotatable bonds is 22. The molecule has 0 radical (unpaired) electrons. The van der Waals surface area contributed by atoms with Crippen LogP contribution in [-0.2, 0) is 73.4 Å². The monoisotopic (exact) mass is 1310 g/mol. The number of methoxy groups -OCH3 is 1. The van der Waals surface area contributed by atoms with Gasteiger partial charge >= 0.3 is 11.9 Å². The molecule has 10 amide bonds. The molecule has 0 bridgehead atoms. The van der Waals surface area contributed by atoms with Crippen molar-refractivity contribution in [3.8, 4) is 5.75 Å². The first-order chi connectivity index (χ1) is 43.7. The minimum Gasteiger partial charge on any atom is -0.497 e. The fourth-order valence-corrected chi connectivity index (χ4v) is 12.4. The molecule has 0 spiro atoms. The van der Waals surface area contributed by atoms with Crippen molar-refractivity contribution in [3.05, 3.63) is 42.1 Å². The Morgan fingerprint density at radius 1 is 0.849 bits per heavy atom. The third-order valence-corrected chi connectivity index (χ3v) is 18.3. The molecule has 1 aromatic rings. The van der Waals surface area contributed by atoms with E-state index >= 15 is 14.4 Å². The zero-order valence-corrected chi connectivity index (χ0v) is 56.8. The summed E-state index contributed by atoms with van der Waals surface area (Å²) in [6.07, 6.45) is -3.29. The average Bonchev–Trinajstić information content (AvgIpc) is 2.85. The molecular weight excluding hydrogens is 1200 g/mol. The first-order valence-electron chi connectivity index (χ1n) is 32.8. The number of likely N-dealkylation sites (N-methyl/N-ethyl adjacent to an activating group) is 3. The van der Waals surface area contributed by atoms with Crippen LogP contribution in [0.4, 0.5) is 0 Å². The molecule has 1 unspecified atom stereocenters. The van der Waals surface area contributed by atoms with Gasteiger partial charge in [0.15, 0.2) is 6.10 Å². The number of aliphatic hydroxyl groups is 1. The lowest BCUT2D eigenvalue weighted by Gasteiger charge is -2.37. The standard InChI is InChI=1S/C66H103N11O16/c1-16-38(8)54-51(78)34-53(80)93-56(37(6)7)60(84)70-46(31-35(2)3)63(87)77-30-18-20-48(77)65(89)75(14)50(33-42-22-24-43(91-15)25-23-42)66(90)92-41(11)55(59(83)71-54)72-58(82)49(32-36(4)5)74(13)64(88)47-19-17-29-76(47)61(85)40(10)73(12)62(86)45(27-28-52(67)79)69-57(81)44-26-21-39(9)68-44/h22-25,35-38,40-41,44-51,54-56,68,78H,9,16-21,26-34H2,1-8,10-15H3,(H2,67,79)(H,69,81)(H,70,84)(H,71,83)(H,72,82)/t38-,40-,41-,44?,45+,46-,47-,48-,49+,50-,51-,54-,55+,56-/m0/s1. The van der Waals surface area contributed by atoms with E-state index in [0.717, 1.165) is 4.90 Å². The third-order valence-electron chi connectivity index (χ3n) is 18.3. The van der Waals surface area contributed by atoms with Crippen LogP contribution in [-0.4, -0.2) is 221 Å². The molecule has 4 aliphatic heterocycles. The number of fused-ring (bicyclic) bond motifs is 1. The lowest BCUT2D eigenvalue weighted by atomic mass is 9.92. The number of ether oxygens (including phenoxy) is 3. The molecule has 1 aromatic carbocycles. The van der Waals surface area contributed by atoms with Gasteiger partial charge in [0.1, 0.15) is 66.2 Å². The average molecular weight is 1310 g/mol. The smallest absolute Gasteiger partial charge is 0.329 e. The fourth-order valence-electron chi connectivity index (χ4n) is 12.4.